The monoisotopic (exact) mass is 508 g/mol. The maximum atomic E-state index is 12.1. The molecular formula is C29H36N2O4S. The van der Waals surface area contributed by atoms with Crippen LogP contribution in [0.5, 0.6) is 0 Å². The van der Waals surface area contributed by atoms with E-state index in [1.54, 1.807) is 0 Å². The van der Waals surface area contributed by atoms with Crippen LogP contribution < -0.4 is 10.6 Å². The summed E-state index contributed by atoms with van der Waals surface area (Å²) in [7, 11) is 0. The lowest BCUT2D eigenvalue weighted by Crippen LogP contribution is -2.49. The van der Waals surface area contributed by atoms with Crippen molar-refractivity contribution < 1.29 is 19.1 Å². The van der Waals surface area contributed by atoms with Gasteiger partial charge in [-0.3, -0.25) is 9.59 Å². The molecule has 0 amide bonds. The summed E-state index contributed by atoms with van der Waals surface area (Å²) in [5.41, 5.74) is 1.84. The number of rotatable bonds is 12. The highest BCUT2D eigenvalue weighted by Crippen LogP contribution is 2.42. The van der Waals surface area contributed by atoms with Crippen molar-refractivity contribution in [1.82, 2.24) is 10.6 Å². The fourth-order valence-electron chi connectivity index (χ4n) is 5.41. The summed E-state index contributed by atoms with van der Waals surface area (Å²) >= 11 is 5.49. The summed E-state index contributed by atoms with van der Waals surface area (Å²) < 4.78 is 10.2. The van der Waals surface area contributed by atoms with Gasteiger partial charge in [0.1, 0.15) is 25.0 Å². The Bertz CT molecular complexity index is 980. The lowest BCUT2D eigenvalue weighted by Gasteiger charge is -2.41. The molecule has 7 heteroatoms. The fourth-order valence-corrected chi connectivity index (χ4v) is 5.62. The van der Waals surface area contributed by atoms with Crippen LogP contribution in [0.4, 0.5) is 0 Å². The zero-order chi connectivity index (χ0) is 25.6. The molecule has 0 aromatic heterocycles. The molecule has 0 bridgehead atoms. The molecule has 4 atom stereocenters. The number of carbonyl (C=O) groups excluding carboxylic acids is 2. The number of esters is 2. The van der Waals surface area contributed by atoms with Crippen molar-refractivity contribution in [2.75, 3.05) is 26.3 Å². The minimum absolute atomic E-state index is 0.100. The van der Waals surface area contributed by atoms with Crippen molar-refractivity contribution in [2.24, 2.45) is 11.8 Å². The van der Waals surface area contributed by atoms with Crippen LogP contribution in [0.2, 0.25) is 0 Å². The molecular weight excluding hydrogens is 472 g/mol. The van der Waals surface area contributed by atoms with Crippen molar-refractivity contribution >= 4 is 29.3 Å². The third kappa shape index (κ3) is 5.56. The minimum Gasteiger partial charge on any atom is -0.464 e. The number of thiocarbonyl (C=S) groups is 1. The number of hydrogen-bond acceptors (Lipinski definition) is 5. The second kappa shape index (κ2) is 11.4. The molecule has 2 fully saturated rings. The number of cyclic esters (lactones) is 2. The lowest BCUT2D eigenvalue weighted by atomic mass is 9.67. The average Bonchev–Trinajstić information content (AvgIpc) is 2.88. The second-order valence-corrected chi connectivity index (χ2v) is 10.7. The van der Waals surface area contributed by atoms with E-state index < -0.39 is 0 Å². The maximum Gasteiger partial charge on any atom is 0.313 e. The van der Waals surface area contributed by atoms with Crippen molar-refractivity contribution in [3.05, 3.63) is 71.8 Å². The third-order valence-electron chi connectivity index (χ3n) is 8.08. The Kier molecular flexibility index (Phi) is 8.29. The average molecular weight is 509 g/mol. The molecule has 2 aliphatic rings. The molecule has 2 heterocycles. The number of nitrogens with one attached hydrogen (secondary N) is 2. The highest BCUT2D eigenvalue weighted by atomic mass is 32.1. The van der Waals surface area contributed by atoms with E-state index in [1.807, 2.05) is 36.4 Å². The Balaban J connectivity index is 1.21. The summed E-state index contributed by atoms with van der Waals surface area (Å²) in [5.74, 6) is -0.415. The van der Waals surface area contributed by atoms with Gasteiger partial charge in [-0.2, -0.15) is 0 Å². The van der Waals surface area contributed by atoms with Gasteiger partial charge < -0.3 is 20.1 Å². The first-order chi connectivity index (χ1) is 17.3. The van der Waals surface area contributed by atoms with E-state index in [4.69, 9.17) is 21.7 Å². The minimum atomic E-state index is -0.252. The fraction of sp³-hybridized carbons (Fsp3) is 0.483. The summed E-state index contributed by atoms with van der Waals surface area (Å²) in [4.78, 5) is 24.2. The molecule has 2 saturated heterocycles. The van der Waals surface area contributed by atoms with Gasteiger partial charge in [0.25, 0.3) is 0 Å². The van der Waals surface area contributed by atoms with Crippen molar-refractivity contribution in [3.8, 4) is 0 Å². The van der Waals surface area contributed by atoms with Gasteiger partial charge >= 0.3 is 11.9 Å². The Labute approximate surface area is 219 Å². The number of benzene rings is 2. The zero-order valence-corrected chi connectivity index (χ0v) is 21.9. The Morgan fingerprint density at radius 3 is 1.47 bits per heavy atom. The van der Waals surface area contributed by atoms with Crippen molar-refractivity contribution in [2.45, 2.75) is 50.4 Å². The van der Waals surface area contributed by atoms with Crippen LogP contribution in [0.25, 0.3) is 0 Å². The van der Waals surface area contributed by atoms with Gasteiger partial charge in [0, 0.05) is 23.9 Å². The summed E-state index contributed by atoms with van der Waals surface area (Å²) in [6.45, 7) is 6.74. The molecule has 2 N–H and O–H groups in total. The van der Waals surface area contributed by atoms with Crippen LogP contribution in [-0.4, -0.2) is 43.4 Å². The summed E-state index contributed by atoms with van der Waals surface area (Å²) in [6, 6.07) is 20.4. The van der Waals surface area contributed by atoms with E-state index in [9.17, 15) is 9.59 Å². The van der Waals surface area contributed by atoms with Gasteiger partial charge in [0.2, 0.25) is 0 Å². The van der Waals surface area contributed by atoms with Gasteiger partial charge in [0.05, 0.1) is 0 Å². The Hall–Kier alpha value is -2.93. The van der Waals surface area contributed by atoms with Crippen LogP contribution >= 0.6 is 12.2 Å². The topological polar surface area (TPSA) is 76.7 Å². The van der Waals surface area contributed by atoms with Crippen LogP contribution in [-0.2, 0) is 29.9 Å². The van der Waals surface area contributed by atoms with Crippen molar-refractivity contribution in [1.29, 1.82) is 0 Å². The van der Waals surface area contributed by atoms with Gasteiger partial charge in [-0.15, -0.1) is 0 Å². The smallest absolute Gasteiger partial charge is 0.313 e. The van der Waals surface area contributed by atoms with E-state index in [2.05, 4.69) is 48.7 Å². The molecule has 0 radical (unpaired) electrons. The molecule has 2 aromatic carbocycles. The van der Waals surface area contributed by atoms with Gasteiger partial charge in [-0.05, 0) is 49.0 Å². The second-order valence-electron chi connectivity index (χ2n) is 10.3. The maximum absolute atomic E-state index is 12.1. The highest BCUT2D eigenvalue weighted by Gasteiger charge is 2.48. The summed E-state index contributed by atoms with van der Waals surface area (Å²) in [5, 5.41) is 7.24. The number of carbonyl (C=O) groups is 2. The molecule has 0 spiro atoms. The third-order valence-corrected chi connectivity index (χ3v) is 8.36. The Morgan fingerprint density at radius 1 is 0.778 bits per heavy atom. The van der Waals surface area contributed by atoms with E-state index in [-0.39, 0.29) is 34.6 Å². The molecule has 36 heavy (non-hydrogen) atoms. The van der Waals surface area contributed by atoms with E-state index >= 15 is 0 Å². The first-order valence-electron chi connectivity index (χ1n) is 12.8. The molecule has 192 valence electrons. The van der Waals surface area contributed by atoms with Gasteiger partial charge in [-0.25, -0.2) is 0 Å². The summed E-state index contributed by atoms with van der Waals surface area (Å²) in [6.07, 6.45) is 3.48. The van der Waals surface area contributed by atoms with Crippen LogP contribution in [0, 0.1) is 11.8 Å². The standard InChI is InChI=1S/C29H36N2O4S/c1-28(23-19-34-25(23)32,21-11-5-3-6-12-21)15-9-17-30-27(36)31-18-10-16-29(2,24-20-35-26(24)33)22-13-7-4-8-14-22/h3-8,11-14,23-24H,9-10,15-20H2,1-2H3,(H2,30,31,36). The van der Waals surface area contributed by atoms with Gasteiger partial charge in [0.15, 0.2) is 5.11 Å². The molecule has 0 aliphatic carbocycles. The molecule has 4 unspecified atom stereocenters. The quantitative estimate of drug-likeness (QED) is 0.252. The predicted molar refractivity (Wildman–Crippen MR) is 144 cm³/mol. The number of ether oxygens (including phenoxy) is 2. The van der Waals surface area contributed by atoms with Crippen molar-refractivity contribution in [3.63, 3.8) is 0 Å². The first-order valence-corrected chi connectivity index (χ1v) is 13.2. The largest absolute Gasteiger partial charge is 0.464 e. The molecule has 4 rings (SSSR count). The molecule has 6 nitrogen and oxygen atoms in total. The lowest BCUT2D eigenvalue weighted by molar-refractivity contribution is -0.175. The van der Waals surface area contributed by atoms with E-state index in [1.165, 1.54) is 11.1 Å². The normalized spacial score (nSPS) is 22.1. The molecule has 2 aromatic rings. The zero-order valence-electron chi connectivity index (χ0n) is 21.1. The number of hydrogen-bond donors (Lipinski definition) is 2. The molecule has 2 aliphatic heterocycles. The molecule has 0 saturated carbocycles. The Morgan fingerprint density at radius 2 is 1.17 bits per heavy atom. The van der Waals surface area contributed by atoms with Crippen LogP contribution in [0.1, 0.15) is 50.7 Å². The highest BCUT2D eigenvalue weighted by molar-refractivity contribution is 7.80. The van der Waals surface area contributed by atoms with E-state index in [0.717, 1.165) is 38.8 Å². The van der Waals surface area contributed by atoms with E-state index in [0.29, 0.717) is 18.3 Å². The predicted octanol–water partition coefficient (Wildman–Crippen LogP) is 4.27. The van der Waals surface area contributed by atoms with Crippen LogP contribution in [0.3, 0.4) is 0 Å². The first kappa shape index (κ1) is 26.1. The SMILES string of the molecule is CC(CCCNC(=S)NCCCC(C)(c1ccccc1)C1COC1=O)(c1ccccc1)C1COC1=O. The van der Waals surface area contributed by atoms with Gasteiger partial charge in [-0.1, -0.05) is 74.5 Å². The van der Waals surface area contributed by atoms with Crippen LogP contribution in [0.15, 0.2) is 60.7 Å².